The molecule has 26 heavy (non-hydrogen) atoms. The summed E-state index contributed by atoms with van der Waals surface area (Å²) in [6, 6.07) is 13.5. The maximum absolute atomic E-state index is 13.1. The van der Waals surface area contributed by atoms with Crippen molar-refractivity contribution in [2.75, 3.05) is 26.2 Å². The molecule has 6 heteroatoms. The number of halogens is 3. The first-order chi connectivity index (χ1) is 12.5. The summed E-state index contributed by atoms with van der Waals surface area (Å²) in [5, 5.41) is 0. The van der Waals surface area contributed by atoms with Crippen molar-refractivity contribution < 1.29 is 13.2 Å². The van der Waals surface area contributed by atoms with Crippen molar-refractivity contribution in [3.8, 4) is 0 Å². The van der Waals surface area contributed by atoms with Crippen LogP contribution in [0.1, 0.15) is 16.8 Å². The normalized spacial score (nSPS) is 24.1. The van der Waals surface area contributed by atoms with Crippen LogP contribution in [0.5, 0.6) is 0 Å². The molecule has 3 nitrogen and oxygen atoms in total. The zero-order chi connectivity index (χ0) is 18.1. The highest BCUT2D eigenvalue weighted by Gasteiger charge is 2.41. The molecule has 1 aromatic carbocycles. The summed E-state index contributed by atoms with van der Waals surface area (Å²) in [7, 11) is 0. The quantitative estimate of drug-likeness (QED) is 0.828. The van der Waals surface area contributed by atoms with Crippen LogP contribution in [0.4, 0.5) is 13.2 Å². The molecule has 0 aliphatic carbocycles. The van der Waals surface area contributed by atoms with Crippen LogP contribution >= 0.6 is 0 Å². The lowest BCUT2D eigenvalue weighted by atomic mass is 10.0. The van der Waals surface area contributed by atoms with Crippen LogP contribution in [-0.2, 0) is 19.3 Å². The minimum absolute atomic E-state index is 0.279. The van der Waals surface area contributed by atoms with E-state index >= 15 is 0 Å². The predicted molar refractivity (Wildman–Crippen MR) is 93.2 cm³/mol. The van der Waals surface area contributed by atoms with Crippen molar-refractivity contribution in [3.63, 3.8) is 0 Å². The molecule has 138 valence electrons. The van der Waals surface area contributed by atoms with Crippen LogP contribution in [0.25, 0.3) is 0 Å². The average Bonchev–Trinajstić information content (AvgIpc) is 3.13. The van der Waals surface area contributed by atoms with Crippen LogP contribution in [0.15, 0.2) is 48.7 Å². The Morgan fingerprint density at radius 1 is 0.846 bits per heavy atom. The number of hydrogen-bond donors (Lipinski definition) is 0. The summed E-state index contributed by atoms with van der Waals surface area (Å²) in [6.07, 6.45) is -3.18. The number of benzene rings is 1. The lowest BCUT2D eigenvalue weighted by Crippen LogP contribution is -2.29. The number of pyridine rings is 1. The molecule has 2 unspecified atom stereocenters. The second-order valence-corrected chi connectivity index (χ2v) is 7.40. The van der Waals surface area contributed by atoms with E-state index in [1.165, 1.54) is 11.8 Å². The Morgan fingerprint density at radius 2 is 1.46 bits per heavy atom. The van der Waals surface area contributed by atoms with Crippen molar-refractivity contribution in [2.24, 2.45) is 11.8 Å². The molecule has 0 spiro atoms. The summed E-state index contributed by atoms with van der Waals surface area (Å²) in [4.78, 5) is 8.18. The van der Waals surface area contributed by atoms with Gasteiger partial charge in [-0.05, 0) is 29.0 Å². The number of likely N-dealkylation sites (tertiary alicyclic amines) is 2. The van der Waals surface area contributed by atoms with Crippen LogP contribution in [0, 0.1) is 11.8 Å². The van der Waals surface area contributed by atoms with Crippen molar-refractivity contribution in [1.29, 1.82) is 0 Å². The summed E-state index contributed by atoms with van der Waals surface area (Å²) in [5.74, 6) is 1.09. The average molecular weight is 361 g/mol. The fourth-order valence-corrected chi connectivity index (χ4v) is 4.35. The maximum Gasteiger partial charge on any atom is 0.433 e. The molecule has 2 atom stereocenters. The highest BCUT2D eigenvalue weighted by molar-refractivity contribution is 5.22. The predicted octanol–water partition coefficient (Wildman–Crippen LogP) is 3.66. The third-order valence-corrected chi connectivity index (χ3v) is 5.44. The fraction of sp³-hybridized carbons (Fsp3) is 0.450. The Morgan fingerprint density at radius 3 is 2.08 bits per heavy atom. The summed E-state index contributed by atoms with van der Waals surface area (Å²) in [5.41, 5.74) is 0.846. The molecule has 0 saturated carbocycles. The van der Waals surface area contributed by atoms with Gasteiger partial charge in [0.25, 0.3) is 0 Å². The second kappa shape index (κ2) is 7.00. The van der Waals surface area contributed by atoms with Gasteiger partial charge in [0, 0.05) is 45.5 Å². The fourth-order valence-electron chi connectivity index (χ4n) is 4.35. The third kappa shape index (κ3) is 3.76. The van der Waals surface area contributed by atoms with E-state index in [1.54, 1.807) is 12.1 Å². The zero-order valence-corrected chi connectivity index (χ0v) is 14.5. The molecule has 0 radical (unpaired) electrons. The maximum atomic E-state index is 13.1. The van der Waals surface area contributed by atoms with Gasteiger partial charge in [-0.25, -0.2) is 0 Å². The first-order valence-electron chi connectivity index (χ1n) is 8.99. The monoisotopic (exact) mass is 361 g/mol. The minimum Gasteiger partial charge on any atom is -0.298 e. The number of nitrogens with zero attached hydrogens (tertiary/aromatic N) is 3. The van der Waals surface area contributed by atoms with Crippen molar-refractivity contribution in [2.45, 2.75) is 19.3 Å². The number of rotatable bonds is 4. The van der Waals surface area contributed by atoms with Gasteiger partial charge < -0.3 is 0 Å². The van der Waals surface area contributed by atoms with Crippen LogP contribution < -0.4 is 0 Å². The molecular weight excluding hydrogens is 339 g/mol. The Balaban J connectivity index is 1.36. The van der Waals surface area contributed by atoms with Crippen molar-refractivity contribution in [1.82, 2.24) is 14.8 Å². The van der Waals surface area contributed by atoms with E-state index in [4.69, 9.17) is 0 Å². The molecule has 0 N–H and O–H groups in total. The Labute approximate surface area is 151 Å². The molecule has 2 aliphatic heterocycles. The smallest absolute Gasteiger partial charge is 0.298 e. The van der Waals surface area contributed by atoms with Gasteiger partial charge in [-0.1, -0.05) is 36.4 Å². The molecule has 3 heterocycles. The molecular formula is C20H22F3N3. The first-order valence-corrected chi connectivity index (χ1v) is 8.99. The Hall–Kier alpha value is -1.92. The van der Waals surface area contributed by atoms with Crippen LogP contribution in [0.3, 0.4) is 0 Å². The summed E-state index contributed by atoms with van der Waals surface area (Å²) in [6.45, 7) is 5.05. The minimum atomic E-state index is -4.39. The third-order valence-electron chi connectivity index (χ3n) is 5.44. The van der Waals surface area contributed by atoms with E-state index < -0.39 is 11.9 Å². The Kier molecular flexibility index (Phi) is 4.71. The number of alkyl halides is 3. The van der Waals surface area contributed by atoms with Crippen LogP contribution in [0.2, 0.25) is 0 Å². The van der Waals surface area contributed by atoms with Gasteiger partial charge in [-0.3, -0.25) is 14.8 Å². The summed E-state index contributed by atoms with van der Waals surface area (Å²) < 4.78 is 39.4. The van der Waals surface area contributed by atoms with Crippen molar-refractivity contribution >= 4 is 0 Å². The topological polar surface area (TPSA) is 19.4 Å². The first kappa shape index (κ1) is 17.5. The van der Waals surface area contributed by atoms with E-state index in [2.05, 4.69) is 39.0 Å². The molecule has 0 amide bonds. The number of fused-ring (bicyclic) bond motifs is 1. The van der Waals surface area contributed by atoms with Crippen molar-refractivity contribution in [3.05, 3.63) is 65.5 Å². The standard InChI is InChI=1S/C20H22F3N3/c21-20(22,23)19-16(7-4-8-24-19)10-26-13-17-11-25(12-18(17)14-26)9-15-5-2-1-3-6-15/h1-8,17-18H,9-14H2. The van der Waals surface area contributed by atoms with Gasteiger partial charge in [-0.2, -0.15) is 13.2 Å². The van der Waals surface area contributed by atoms with Crippen LogP contribution in [-0.4, -0.2) is 41.0 Å². The van der Waals surface area contributed by atoms with Gasteiger partial charge >= 0.3 is 6.18 Å². The van der Waals surface area contributed by atoms with E-state index in [-0.39, 0.29) is 5.56 Å². The van der Waals surface area contributed by atoms with E-state index in [0.29, 0.717) is 18.4 Å². The van der Waals surface area contributed by atoms with Gasteiger partial charge in [0.1, 0.15) is 5.69 Å². The number of hydrogen-bond acceptors (Lipinski definition) is 3. The highest BCUT2D eigenvalue weighted by atomic mass is 19.4. The molecule has 2 saturated heterocycles. The molecule has 0 bridgehead atoms. The van der Waals surface area contributed by atoms with E-state index in [9.17, 15) is 13.2 Å². The number of aromatic nitrogens is 1. The molecule has 2 aromatic rings. The summed E-state index contributed by atoms with van der Waals surface area (Å²) >= 11 is 0. The molecule has 2 aliphatic rings. The molecule has 1 aromatic heterocycles. The zero-order valence-electron chi connectivity index (χ0n) is 14.5. The van der Waals surface area contributed by atoms with E-state index in [1.807, 2.05) is 6.07 Å². The largest absolute Gasteiger partial charge is 0.433 e. The Bertz CT molecular complexity index is 733. The lowest BCUT2D eigenvalue weighted by Gasteiger charge is -2.22. The van der Waals surface area contributed by atoms with Gasteiger partial charge in [0.2, 0.25) is 0 Å². The van der Waals surface area contributed by atoms with Gasteiger partial charge in [0.15, 0.2) is 0 Å². The molecule has 2 fully saturated rings. The van der Waals surface area contributed by atoms with E-state index in [0.717, 1.165) is 32.7 Å². The highest BCUT2D eigenvalue weighted by Crippen LogP contribution is 2.35. The van der Waals surface area contributed by atoms with Gasteiger partial charge in [0.05, 0.1) is 0 Å². The SMILES string of the molecule is FC(F)(F)c1ncccc1CN1CC2CN(Cc3ccccc3)CC2C1. The molecule has 4 rings (SSSR count). The second-order valence-electron chi connectivity index (χ2n) is 7.40. The van der Waals surface area contributed by atoms with Gasteiger partial charge in [-0.15, -0.1) is 0 Å². The lowest BCUT2D eigenvalue weighted by molar-refractivity contribution is -0.142.